The lowest BCUT2D eigenvalue weighted by atomic mass is 9.93. The van der Waals surface area contributed by atoms with Crippen LogP contribution in [0.4, 0.5) is 0 Å². The molecule has 0 unspecified atom stereocenters. The van der Waals surface area contributed by atoms with E-state index in [4.69, 9.17) is 31.4 Å². The predicted molar refractivity (Wildman–Crippen MR) is 152 cm³/mol. The summed E-state index contributed by atoms with van der Waals surface area (Å²) in [6.07, 6.45) is 3.57. The van der Waals surface area contributed by atoms with Crippen molar-refractivity contribution in [2.75, 3.05) is 13.2 Å². The molecule has 2 aromatic heterocycles. The fourth-order valence-corrected chi connectivity index (χ4v) is 5.52. The standard InChI is InChI=1S/C25H22ClN3O3S.C4H10O/c1-14-12-20-23(22(18(14)13-21(30)31)15-2-4-17(26)5-3-15)33-25(29-20)19-6-9-27-24(28-19)16-7-10-32-11-8-16;1-4(2,3)5/h2-6,9,12,16H,7-8,10-11,13H2,1H3,(H,30,31);5H,1-3H3. The van der Waals surface area contributed by atoms with Crippen LogP contribution in [-0.4, -0.2) is 49.9 Å². The normalized spacial score (nSPS) is 14.3. The monoisotopic (exact) mass is 553 g/mol. The molecule has 4 aromatic rings. The number of ether oxygens (including phenoxy) is 1. The van der Waals surface area contributed by atoms with Crippen molar-refractivity contribution in [3.05, 3.63) is 64.6 Å². The maximum atomic E-state index is 11.6. The Bertz CT molecular complexity index is 1420. The number of aryl methyl sites for hydroxylation is 1. The van der Waals surface area contributed by atoms with Gasteiger partial charge in [0.05, 0.1) is 22.2 Å². The van der Waals surface area contributed by atoms with Crippen LogP contribution in [0.15, 0.2) is 42.6 Å². The van der Waals surface area contributed by atoms with E-state index in [9.17, 15) is 9.90 Å². The SMILES string of the molecule is CC(C)(C)O.Cc1cc2nc(-c3ccnc(C4CCOCC4)n3)sc2c(-c2ccc(Cl)cc2)c1CC(=O)O. The first-order valence-corrected chi connectivity index (χ1v) is 13.7. The third-order valence-electron chi connectivity index (χ3n) is 5.95. The van der Waals surface area contributed by atoms with Crippen LogP contribution in [-0.2, 0) is 16.0 Å². The Balaban J connectivity index is 0.000000617. The number of benzene rings is 2. The number of aromatic nitrogens is 3. The summed E-state index contributed by atoms with van der Waals surface area (Å²) < 4.78 is 6.42. The number of rotatable bonds is 5. The smallest absolute Gasteiger partial charge is 0.307 e. The topological polar surface area (TPSA) is 105 Å². The van der Waals surface area contributed by atoms with Gasteiger partial charge >= 0.3 is 5.97 Å². The number of carboxylic acid groups (broad SMARTS) is 1. The molecule has 38 heavy (non-hydrogen) atoms. The molecule has 1 aliphatic rings. The highest BCUT2D eigenvalue weighted by Crippen LogP contribution is 2.41. The van der Waals surface area contributed by atoms with E-state index in [0.29, 0.717) is 10.9 Å². The van der Waals surface area contributed by atoms with Crippen molar-refractivity contribution in [1.29, 1.82) is 0 Å². The maximum absolute atomic E-state index is 11.6. The summed E-state index contributed by atoms with van der Waals surface area (Å²) in [4.78, 5) is 25.9. The Hall–Kier alpha value is -2.91. The molecule has 1 aliphatic heterocycles. The van der Waals surface area contributed by atoms with Crippen molar-refractivity contribution in [3.63, 3.8) is 0 Å². The van der Waals surface area contributed by atoms with Crippen LogP contribution >= 0.6 is 22.9 Å². The second kappa shape index (κ2) is 11.9. The molecule has 5 rings (SSSR count). The quantitative estimate of drug-likeness (QED) is 0.284. The number of fused-ring (bicyclic) bond motifs is 1. The third-order valence-corrected chi connectivity index (χ3v) is 7.32. The molecule has 0 bridgehead atoms. The van der Waals surface area contributed by atoms with E-state index in [-0.39, 0.29) is 6.42 Å². The predicted octanol–water partition coefficient (Wildman–Crippen LogP) is 6.68. The summed E-state index contributed by atoms with van der Waals surface area (Å²) in [6.45, 7) is 8.63. The molecule has 0 spiro atoms. The summed E-state index contributed by atoms with van der Waals surface area (Å²) in [5.41, 5.74) is 4.62. The second-order valence-corrected chi connectivity index (χ2v) is 11.8. The number of hydrogen-bond donors (Lipinski definition) is 2. The van der Waals surface area contributed by atoms with Crippen molar-refractivity contribution < 1.29 is 19.7 Å². The van der Waals surface area contributed by atoms with Crippen LogP contribution < -0.4 is 0 Å². The first-order valence-electron chi connectivity index (χ1n) is 12.5. The Morgan fingerprint density at radius 2 is 1.79 bits per heavy atom. The van der Waals surface area contributed by atoms with E-state index in [1.54, 1.807) is 27.0 Å². The van der Waals surface area contributed by atoms with E-state index in [1.807, 2.05) is 43.3 Å². The van der Waals surface area contributed by atoms with Gasteiger partial charge in [0, 0.05) is 35.9 Å². The van der Waals surface area contributed by atoms with Gasteiger partial charge in [-0.2, -0.15) is 0 Å². The molecular formula is C29H32ClN3O4S. The summed E-state index contributed by atoms with van der Waals surface area (Å²) in [5, 5.41) is 19.5. The van der Waals surface area contributed by atoms with Crippen LogP contribution in [0.2, 0.25) is 5.02 Å². The number of nitrogens with zero attached hydrogens (tertiary/aromatic N) is 3. The lowest BCUT2D eigenvalue weighted by Gasteiger charge is -2.20. The number of aliphatic carboxylic acids is 1. The van der Waals surface area contributed by atoms with Gasteiger partial charge in [-0.1, -0.05) is 23.7 Å². The van der Waals surface area contributed by atoms with Crippen molar-refractivity contribution in [1.82, 2.24) is 15.0 Å². The molecule has 200 valence electrons. The van der Waals surface area contributed by atoms with E-state index in [0.717, 1.165) is 75.1 Å². The van der Waals surface area contributed by atoms with Gasteiger partial charge in [0.2, 0.25) is 0 Å². The largest absolute Gasteiger partial charge is 0.481 e. The Labute approximate surface area is 231 Å². The number of aliphatic hydroxyl groups is 1. The van der Waals surface area contributed by atoms with Crippen molar-refractivity contribution in [3.8, 4) is 21.8 Å². The lowest BCUT2D eigenvalue weighted by Crippen LogP contribution is -2.16. The minimum atomic E-state index is -0.866. The zero-order chi connectivity index (χ0) is 27.4. The average Bonchev–Trinajstić information content (AvgIpc) is 3.28. The number of carbonyl (C=O) groups is 1. The maximum Gasteiger partial charge on any atom is 0.307 e. The molecule has 0 saturated carbocycles. The van der Waals surface area contributed by atoms with Gasteiger partial charge in [0.25, 0.3) is 0 Å². The van der Waals surface area contributed by atoms with Crippen LogP contribution in [0, 0.1) is 6.92 Å². The van der Waals surface area contributed by atoms with Gasteiger partial charge in [0.1, 0.15) is 16.5 Å². The van der Waals surface area contributed by atoms with E-state index < -0.39 is 11.6 Å². The molecule has 0 atom stereocenters. The first-order chi connectivity index (χ1) is 18.0. The zero-order valence-electron chi connectivity index (χ0n) is 22.0. The van der Waals surface area contributed by atoms with Gasteiger partial charge in [-0.05, 0) is 81.5 Å². The van der Waals surface area contributed by atoms with Crippen molar-refractivity contribution in [2.24, 2.45) is 0 Å². The summed E-state index contributed by atoms with van der Waals surface area (Å²) in [6, 6.07) is 11.3. The Kier molecular flexibility index (Phi) is 8.78. The lowest BCUT2D eigenvalue weighted by molar-refractivity contribution is -0.136. The van der Waals surface area contributed by atoms with Crippen LogP contribution in [0.3, 0.4) is 0 Å². The van der Waals surface area contributed by atoms with Gasteiger partial charge in [-0.3, -0.25) is 4.79 Å². The molecular weight excluding hydrogens is 522 g/mol. The minimum Gasteiger partial charge on any atom is -0.481 e. The summed E-state index contributed by atoms with van der Waals surface area (Å²) in [7, 11) is 0. The van der Waals surface area contributed by atoms with Crippen LogP contribution in [0.5, 0.6) is 0 Å². The fourth-order valence-electron chi connectivity index (χ4n) is 4.29. The molecule has 1 saturated heterocycles. The van der Waals surface area contributed by atoms with Crippen molar-refractivity contribution >= 4 is 39.1 Å². The van der Waals surface area contributed by atoms with E-state index in [1.165, 1.54) is 11.3 Å². The molecule has 3 heterocycles. The summed E-state index contributed by atoms with van der Waals surface area (Å²) >= 11 is 7.64. The van der Waals surface area contributed by atoms with Gasteiger partial charge in [-0.25, -0.2) is 15.0 Å². The van der Waals surface area contributed by atoms with Crippen LogP contribution in [0.1, 0.15) is 56.5 Å². The minimum absolute atomic E-state index is 0.0611. The highest BCUT2D eigenvalue weighted by Gasteiger charge is 2.22. The average molecular weight is 554 g/mol. The number of carboxylic acids is 1. The van der Waals surface area contributed by atoms with Crippen molar-refractivity contribution in [2.45, 2.75) is 58.5 Å². The first kappa shape index (κ1) is 28.1. The molecule has 9 heteroatoms. The zero-order valence-corrected chi connectivity index (χ0v) is 23.6. The molecule has 7 nitrogen and oxygen atoms in total. The van der Waals surface area contributed by atoms with Crippen LogP contribution in [0.25, 0.3) is 32.0 Å². The molecule has 1 fully saturated rings. The van der Waals surface area contributed by atoms with Gasteiger partial charge in [0.15, 0.2) is 0 Å². The second-order valence-electron chi connectivity index (χ2n) is 10.3. The molecule has 2 aromatic carbocycles. The number of thiazole rings is 1. The molecule has 0 radical (unpaired) electrons. The van der Waals surface area contributed by atoms with E-state index >= 15 is 0 Å². The highest BCUT2D eigenvalue weighted by molar-refractivity contribution is 7.22. The van der Waals surface area contributed by atoms with E-state index in [2.05, 4.69) is 4.98 Å². The number of halogens is 1. The molecule has 2 N–H and O–H groups in total. The molecule has 0 aliphatic carbocycles. The molecule has 0 amide bonds. The van der Waals surface area contributed by atoms with Gasteiger partial charge in [-0.15, -0.1) is 11.3 Å². The van der Waals surface area contributed by atoms with Gasteiger partial charge < -0.3 is 14.9 Å². The fraction of sp³-hybridized carbons (Fsp3) is 0.379. The summed E-state index contributed by atoms with van der Waals surface area (Å²) in [5.74, 6) is 0.257. The highest BCUT2D eigenvalue weighted by atomic mass is 35.5. The number of hydrogen-bond acceptors (Lipinski definition) is 7. The third kappa shape index (κ3) is 7.14. The Morgan fingerprint density at radius 3 is 2.42 bits per heavy atom. The Morgan fingerprint density at radius 1 is 1.13 bits per heavy atom.